The predicted octanol–water partition coefficient (Wildman–Crippen LogP) is 1.54. The van der Waals surface area contributed by atoms with Gasteiger partial charge in [-0.05, 0) is 55.5 Å². The van der Waals surface area contributed by atoms with Gasteiger partial charge in [0.2, 0.25) is 0 Å². The van der Waals surface area contributed by atoms with Gasteiger partial charge in [0.25, 0.3) is 0 Å². The number of nitrogens with one attached hydrogen (secondary N) is 1. The van der Waals surface area contributed by atoms with E-state index in [1.807, 2.05) is 6.07 Å². The lowest BCUT2D eigenvalue weighted by molar-refractivity contribution is 0.0903. The number of benzene rings is 1. The molecule has 112 valence electrons. The molecule has 0 amide bonds. The van der Waals surface area contributed by atoms with Crippen LogP contribution in [0.1, 0.15) is 24.0 Å². The zero-order valence-electron chi connectivity index (χ0n) is 12.2. The Kier molecular flexibility index (Phi) is 6.30. The van der Waals surface area contributed by atoms with Crippen LogP contribution < -0.4 is 10.1 Å². The lowest BCUT2D eigenvalue weighted by Gasteiger charge is -2.26. The van der Waals surface area contributed by atoms with E-state index < -0.39 is 0 Å². The first kappa shape index (κ1) is 15.3. The largest absolute Gasteiger partial charge is 0.497 e. The maximum atomic E-state index is 8.61. The van der Waals surface area contributed by atoms with Gasteiger partial charge in [0.1, 0.15) is 5.75 Å². The van der Waals surface area contributed by atoms with Gasteiger partial charge in [-0.3, -0.25) is 0 Å². The Morgan fingerprint density at radius 3 is 3.00 bits per heavy atom. The Balaban J connectivity index is 1.73. The molecule has 2 N–H and O–H groups in total. The number of ether oxygens (including phenoxy) is 2. The molecule has 1 aromatic rings. The third-order valence-corrected chi connectivity index (χ3v) is 3.78. The standard InChI is InChI=1S/C16H25NO3/c1-19-16-6-4-13-3-5-15(11-14(13)12-16)17-7-2-9-20-10-8-18/h4,6,12,15,17-18H,2-3,5,7-11H2,1H3. The van der Waals surface area contributed by atoms with Crippen LogP contribution in [0.15, 0.2) is 18.2 Å². The van der Waals surface area contributed by atoms with Crippen molar-refractivity contribution in [2.75, 3.05) is 33.5 Å². The summed E-state index contributed by atoms with van der Waals surface area (Å²) in [5.41, 5.74) is 2.86. The van der Waals surface area contributed by atoms with Crippen molar-refractivity contribution >= 4 is 0 Å². The first-order chi connectivity index (χ1) is 9.83. The van der Waals surface area contributed by atoms with Crippen molar-refractivity contribution in [3.8, 4) is 5.75 Å². The summed E-state index contributed by atoms with van der Waals surface area (Å²) >= 11 is 0. The zero-order valence-corrected chi connectivity index (χ0v) is 12.2. The number of fused-ring (bicyclic) bond motifs is 1. The molecule has 0 bridgehead atoms. The summed E-state index contributed by atoms with van der Waals surface area (Å²) in [7, 11) is 1.71. The van der Waals surface area contributed by atoms with Crippen molar-refractivity contribution in [1.29, 1.82) is 0 Å². The van der Waals surface area contributed by atoms with Gasteiger partial charge in [-0.1, -0.05) is 6.07 Å². The van der Waals surface area contributed by atoms with Gasteiger partial charge >= 0.3 is 0 Å². The van der Waals surface area contributed by atoms with E-state index in [-0.39, 0.29) is 6.61 Å². The molecule has 0 aromatic heterocycles. The van der Waals surface area contributed by atoms with Crippen molar-refractivity contribution in [3.05, 3.63) is 29.3 Å². The Hall–Kier alpha value is -1.10. The maximum Gasteiger partial charge on any atom is 0.119 e. The topological polar surface area (TPSA) is 50.7 Å². The van der Waals surface area contributed by atoms with Crippen molar-refractivity contribution in [2.24, 2.45) is 0 Å². The molecule has 4 nitrogen and oxygen atoms in total. The minimum absolute atomic E-state index is 0.106. The van der Waals surface area contributed by atoms with Crippen molar-refractivity contribution in [2.45, 2.75) is 31.7 Å². The average Bonchev–Trinajstić information content (AvgIpc) is 2.50. The van der Waals surface area contributed by atoms with Gasteiger partial charge in [0.15, 0.2) is 0 Å². The molecule has 0 saturated carbocycles. The van der Waals surface area contributed by atoms with Crippen LogP contribution in [0.5, 0.6) is 5.75 Å². The van der Waals surface area contributed by atoms with Crippen LogP contribution in [0.3, 0.4) is 0 Å². The van der Waals surface area contributed by atoms with Gasteiger partial charge in [-0.2, -0.15) is 0 Å². The molecule has 4 heteroatoms. The summed E-state index contributed by atoms with van der Waals surface area (Å²) in [6, 6.07) is 6.94. The lowest BCUT2D eigenvalue weighted by Crippen LogP contribution is -2.35. The normalized spacial score (nSPS) is 17.8. The number of aliphatic hydroxyl groups is 1. The molecule has 1 aliphatic carbocycles. The van der Waals surface area contributed by atoms with Crippen LogP contribution in [-0.4, -0.2) is 44.6 Å². The molecular formula is C16H25NO3. The van der Waals surface area contributed by atoms with Crippen LogP contribution in [0.2, 0.25) is 0 Å². The molecule has 1 atom stereocenters. The van der Waals surface area contributed by atoms with Crippen LogP contribution in [0, 0.1) is 0 Å². The summed E-state index contributed by atoms with van der Waals surface area (Å²) in [4.78, 5) is 0. The van der Waals surface area contributed by atoms with Crippen LogP contribution >= 0.6 is 0 Å². The minimum Gasteiger partial charge on any atom is -0.497 e. The highest BCUT2D eigenvalue weighted by molar-refractivity contribution is 5.37. The summed E-state index contributed by atoms with van der Waals surface area (Å²) in [6.45, 7) is 2.23. The highest BCUT2D eigenvalue weighted by atomic mass is 16.5. The van der Waals surface area contributed by atoms with E-state index in [1.165, 1.54) is 17.5 Å². The molecule has 1 aliphatic rings. The van der Waals surface area contributed by atoms with Crippen LogP contribution in [0.4, 0.5) is 0 Å². The predicted molar refractivity (Wildman–Crippen MR) is 79.3 cm³/mol. The number of aryl methyl sites for hydroxylation is 1. The van der Waals surface area contributed by atoms with Gasteiger partial charge in [-0.15, -0.1) is 0 Å². The monoisotopic (exact) mass is 279 g/mol. The fourth-order valence-corrected chi connectivity index (χ4v) is 2.68. The van der Waals surface area contributed by atoms with E-state index >= 15 is 0 Å². The van der Waals surface area contributed by atoms with E-state index in [0.29, 0.717) is 19.3 Å². The molecule has 0 spiro atoms. The zero-order chi connectivity index (χ0) is 14.2. The second-order valence-electron chi connectivity index (χ2n) is 5.22. The van der Waals surface area contributed by atoms with Crippen LogP contribution in [0.25, 0.3) is 0 Å². The van der Waals surface area contributed by atoms with E-state index in [0.717, 1.165) is 31.6 Å². The fourth-order valence-electron chi connectivity index (χ4n) is 2.68. The van der Waals surface area contributed by atoms with Gasteiger partial charge < -0.3 is 19.9 Å². The minimum atomic E-state index is 0.106. The van der Waals surface area contributed by atoms with Gasteiger partial charge in [0, 0.05) is 12.6 Å². The van der Waals surface area contributed by atoms with Crippen molar-refractivity contribution in [1.82, 2.24) is 5.32 Å². The second kappa shape index (κ2) is 8.25. The van der Waals surface area contributed by atoms with Crippen molar-refractivity contribution < 1.29 is 14.6 Å². The number of hydrogen-bond donors (Lipinski definition) is 2. The molecule has 0 saturated heterocycles. The molecule has 0 heterocycles. The summed E-state index contributed by atoms with van der Waals surface area (Å²) in [5.74, 6) is 0.946. The molecule has 0 radical (unpaired) electrons. The molecule has 0 fully saturated rings. The molecule has 1 unspecified atom stereocenters. The number of hydrogen-bond acceptors (Lipinski definition) is 4. The Bertz CT molecular complexity index is 409. The van der Waals surface area contributed by atoms with E-state index in [2.05, 4.69) is 17.4 Å². The second-order valence-corrected chi connectivity index (χ2v) is 5.22. The fraction of sp³-hybridized carbons (Fsp3) is 0.625. The summed E-state index contributed by atoms with van der Waals surface area (Å²) < 4.78 is 10.5. The third kappa shape index (κ3) is 4.47. The highest BCUT2D eigenvalue weighted by Gasteiger charge is 2.18. The molecular weight excluding hydrogens is 254 g/mol. The summed E-state index contributed by atoms with van der Waals surface area (Å²) in [5, 5.41) is 12.2. The first-order valence-electron chi connectivity index (χ1n) is 7.41. The lowest BCUT2D eigenvalue weighted by atomic mass is 9.88. The average molecular weight is 279 g/mol. The summed E-state index contributed by atoms with van der Waals surface area (Å²) in [6.07, 6.45) is 4.39. The number of rotatable bonds is 8. The maximum absolute atomic E-state index is 8.61. The van der Waals surface area contributed by atoms with Crippen molar-refractivity contribution in [3.63, 3.8) is 0 Å². The quantitative estimate of drug-likeness (QED) is 0.709. The van der Waals surface area contributed by atoms with E-state index in [4.69, 9.17) is 14.6 Å². The highest BCUT2D eigenvalue weighted by Crippen LogP contribution is 2.25. The smallest absolute Gasteiger partial charge is 0.119 e. The van der Waals surface area contributed by atoms with Gasteiger partial charge in [-0.25, -0.2) is 0 Å². The van der Waals surface area contributed by atoms with E-state index in [1.54, 1.807) is 7.11 Å². The third-order valence-electron chi connectivity index (χ3n) is 3.78. The SMILES string of the molecule is COc1ccc2c(c1)CC(NCCCOCCO)CC2. The Labute approximate surface area is 121 Å². The number of aliphatic hydroxyl groups excluding tert-OH is 1. The molecule has 1 aromatic carbocycles. The number of methoxy groups -OCH3 is 1. The molecule has 20 heavy (non-hydrogen) atoms. The van der Waals surface area contributed by atoms with E-state index in [9.17, 15) is 0 Å². The Morgan fingerprint density at radius 2 is 2.20 bits per heavy atom. The molecule has 2 rings (SSSR count). The Morgan fingerprint density at radius 1 is 1.30 bits per heavy atom. The molecule has 0 aliphatic heterocycles. The first-order valence-corrected chi connectivity index (χ1v) is 7.41. The van der Waals surface area contributed by atoms with Crippen LogP contribution in [-0.2, 0) is 17.6 Å². The van der Waals surface area contributed by atoms with Gasteiger partial charge in [0.05, 0.1) is 20.3 Å².